The van der Waals surface area contributed by atoms with Gasteiger partial charge in [-0.1, -0.05) is 63.9 Å². The summed E-state index contributed by atoms with van der Waals surface area (Å²) in [6, 6.07) is 18.6. The number of hydrogen-bond donors (Lipinski definition) is 1. The van der Waals surface area contributed by atoms with E-state index in [1.54, 1.807) is 13.2 Å². The molecule has 152 valence electrons. The predicted octanol–water partition coefficient (Wildman–Crippen LogP) is 6.68. The van der Waals surface area contributed by atoms with Crippen LogP contribution in [0.15, 0.2) is 65.1 Å². The quantitative estimate of drug-likeness (QED) is 0.392. The molecule has 0 aliphatic rings. The van der Waals surface area contributed by atoms with Crippen LogP contribution in [0.25, 0.3) is 0 Å². The lowest BCUT2D eigenvalue weighted by Crippen LogP contribution is -2.18. The Balaban J connectivity index is 1.70. The molecule has 29 heavy (non-hydrogen) atoms. The SMILES string of the molecule is COc1cc(CNC(C)c2ccccc2)c(Br)cc1OCc1ccc(F)cc1Cl. The number of benzene rings is 3. The minimum Gasteiger partial charge on any atom is -0.493 e. The summed E-state index contributed by atoms with van der Waals surface area (Å²) < 4.78 is 25.5. The molecule has 0 spiro atoms. The molecule has 0 saturated carbocycles. The molecule has 0 heterocycles. The van der Waals surface area contributed by atoms with Gasteiger partial charge in [0.15, 0.2) is 11.5 Å². The molecular weight excluding hydrogens is 457 g/mol. The number of rotatable bonds is 8. The van der Waals surface area contributed by atoms with E-state index in [9.17, 15) is 4.39 Å². The van der Waals surface area contributed by atoms with E-state index in [-0.39, 0.29) is 18.5 Å². The summed E-state index contributed by atoms with van der Waals surface area (Å²) in [5.41, 5.74) is 2.98. The van der Waals surface area contributed by atoms with Gasteiger partial charge in [0.1, 0.15) is 12.4 Å². The fourth-order valence-electron chi connectivity index (χ4n) is 2.90. The summed E-state index contributed by atoms with van der Waals surface area (Å²) >= 11 is 9.69. The highest BCUT2D eigenvalue weighted by molar-refractivity contribution is 9.10. The summed E-state index contributed by atoms with van der Waals surface area (Å²) in [6.45, 7) is 3.01. The van der Waals surface area contributed by atoms with Crippen LogP contribution in [0.2, 0.25) is 5.02 Å². The van der Waals surface area contributed by atoms with Crippen LogP contribution in [-0.2, 0) is 13.2 Å². The Morgan fingerprint density at radius 2 is 1.79 bits per heavy atom. The highest BCUT2D eigenvalue weighted by atomic mass is 79.9. The van der Waals surface area contributed by atoms with Gasteiger partial charge < -0.3 is 14.8 Å². The number of halogens is 3. The second-order valence-corrected chi connectivity index (χ2v) is 7.89. The van der Waals surface area contributed by atoms with Crippen LogP contribution in [-0.4, -0.2) is 7.11 Å². The Bertz CT molecular complexity index is 969. The van der Waals surface area contributed by atoms with Crippen molar-refractivity contribution in [1.29, 1.82) is 0 Å². The van der Waals surface area contributed by atoms with Gasteiger partial charge in [0.25, 0.3) is 0 Å². The molecule has 3 nitrogen and oxygen atoms in total. The molecular formula is C23H22BrClFNO2. The lowest BCUT2D eigenvalue weighted by molar-refractivity contribution is 0.284. The highest BCUT2D eigenvalue weighted by Gasteiger charge is 2.13. The number of ether oxygens (including phenoxy) is 2. The second-order valence-electron chi connectivity index (χ2n) is 6.63. The van der Waals surface area contributed by atoms with Crippen molar-refractivity contribution in [2.24, 2.45) is 0 Å². The fraction of sp³-hybridized carbons (Fsp3) is 0.217. The summed E-state index contributed by atoms with van der Waals surface area (Å²) in [5, 5.41) is 3.85. The smallest absolute Gasteiger partial charge is 0.162 e. The predicted molar refractivity (Wildman–Crippen MR) is 118 cm³/mol. The topological polar surface area (TPSA) is 30.5 Å². The van der Waals surface area contributed by atoms with E-state index in [1.165, 1.54) is 17.7 Å². The van der Waals surface area contributed by atoms with Crippen LogP contribution in [0.5, 0.6) is 11.5 Å². The molecule has 0 amide bonds. The molecule has 0 radical (unpaired) electrons. The summed E-state index contributed by atoms with van der Waals surface area (Å²) in [5.74, 6) is 0.830. The van der Waals surface area contributed by atoms with Gasteiger partial charge in [-0.15, -0.1) is 0 Å². The molecule has 0 saturated heterocycles. The van der Waals surface area contributed by atoms with E-state index in [4.69, 9.17) is 21.1 Å². The van der Waals surface area contributed by atoms with E-state index in [0.29, 0.717) is 28.6 Å². The van der Waals surface area contributed by atoms with Gasteiger partial charge in [0, 0.05) is 22.6 Å². The van der Waals surface area contributed by atoms with Crippen molar-refractivity contribution in [3.8, 4) is 11.5 Å². The maximum absolute atomic E-state index is 13.2. The monoisotopic (exact) mass is 477 g/mol. The van der Waals surface area contributed by atoms with Crippen LogP contribution >= 0.6 is 27.5 Å². The molecule has 1 atom stereocenters. The number of hydrogen-bond acceptors (Lipinski definition) is 3. The van der Waals surface area contributed by atoms with Gasteiger partial charge in [0.2, 0.25) is 0 Å². The van der Waals surface area contributed by atoms with E-state index in [2.05, 4.69) is 40.3 Å². The zero-order valence-corrected chi connectivity index (χ0v) is 18.6. The molecule has 3 aromatic carbocycles. The third-order valence-electron chi connectivity index (χ3n) is 4.63. The molecule has 3 aromatic rings. The average Bonchev–Trinajstić information content (AvgIpc) is 2.72. The Morgan fingerprint density at radius 3 is 2.48 bits per heavy atom. The zero-order chi connectivity index (χ0) is 20.8. The first-order valence-corrected chi connectivity index (χ1v) is 10.4. The van der Waals surface area contributed by atoms with E-state index >= 15 is 0 Å². The van der Waals surface area contributed by atoms with Crippen LogP contribution < -0.4 is 14.8 Å². The first-order chi connectivity index (χ1) is 14.0. The first-order valence-electron chi connectivity index (χ1n) is 9.19. The van der Waals surface area contributed by atoms with E-state index in [1.807, 2.05) is 30.3 Å². The van der Waals surface area contributed by atoms with E-state index in [0.717, 1.165) is 10.0 Å². The molecule has 0 aliphatic heterocycles. The largest absolute Gasteiger partial charge is 0.493 e. The van der Waals surface area contributed by atoms with Crippen molar-refractivity contribution in [3.05, 3.63) is 92.7 Å². The minimum atomic E-state index is -0.374. The van der Waals surface area contributed by atoms with Gasteiger partial charge in [-0.3, -0.25) is 0 Å². The molecule has 0 bridgehead atoms. The Kier molecular flexibility index (Phi) is 7.53. The van der Waals surface area contributed by atoms with Crippen molar-refractivity contribution in [3.63, 3.8) is 0 Å². The Morgan fingerprint density at radius 1 is 1.03 bits per heavy atom. The third kappa shape index (κ3) is 5.72. The van der Waals surface area contributed by atoms with Gasteiger partial charge >= 0.3 is 0 Å². The van der Waals surface area contributed by atoms with Gasteiger partial charge in [-0.05, 0) is 42.3 Å². The fourth-order valence-corrected chi connectivity index (χ4v) is 3.59. The van der Waals surface area contributed by atoms with Crippen molar-refractivity contribution < 1.29 is 13.9 Å². The molecule has 0 fully saturated rings. The van der Waals surface area contributed by atoms with Crippen LogP contribution in [0.3, 0.4) is 0 Å². The lowest BCUT2D eigenvalue weighted by atomic mass is 10.1. The van der Waals surface area contributed by atoms with E-state index < -0.39 is 0 Å². The zero-order valence-electron chi connectivity index (χ0n) is 16.2. The van der Waals surface area contributed by atoms with Gasteiger partial charge in [-0.25, -0.2) is 4.39 Å². The highest BCUT2D eigenvalue weighted by Crippen LogP contribution is 2.35. The molecule has 1 unspecified atom stereocenters. The standard InChI is InChI=1S/C23H22BrClFNO2/c1-15(16-6-4-3-5-7-16)27-13-18-10-22(28-2)23(12-20(18)24)29-14-17-8-9-19(26)11-21(17)25/h3-12,15,27H,13-14H2,1-2H3. The summed E-state index contributed by atoms with van der Waals surface area (Å²) in [4.78, 5) is 0. The second kappa shape index (κ2) is 10.1. The van der Waals surface area contributed by atoms with Gasteiger partial charge in [0.05, 0.1) is 12.1 Å². The molecule has 6 heteroatoms. The maximum Gasteiger partial charge on any atom is 0.162 e. The summed E-state index contributed by atoms with van der Waals surface area (Å²) in [6.07, 6.45) is 0. The summed E-state index contributed by atoms with van der Waals surface area (Å²) in [7, 11) is 1.60. The van der Waals surface area contributed by atoms with Crippen molar-refractivity contribution in [2.45, 2.75) is 26.1 Å². The maximum atomic E-state index is 13.2. The van der Waals surface area contributed by atoms with Gasteiger partial charge in [-0.2, -0.15) is 0 Å². The molecule has 3 rings (SSSR count). The van der Waals surface area contributed by atoms with Crippen LogP contribution in [0.1, 0.15) is 29.7 Å². The van der Waals surface area contributed by atoms with Crippen molar-refractivity contribution >= 4 is 27.5 Å². The van der Waals surface area contributed by atoms with Crippen molar-refractivity contribution in [1.82, 2.24) is 5.32 Å². The average molecular weight is 479 g/mol. The minimum absolute atomic E-state index is 0.213. The number of methoxy groups -OCH3 is 1. The lowest BCUT2D eigenvalue weighted by Gasteiger charge is -2.17. The Labute approximate surface area is 183 Å². The normalized spacial score (nSPS) is 11.9. The molecule has 0 aromatic heterocycles. The first kappa shape index (κ1) is 21.6. The molecule has 1 N–H and O–H groups in total. The molecule has 0 aliphatic carbocycles. The third-order valence-corrected chi connectivity index (χ3v) is 5.72. The van der Waals surface area contributed by atoms with Crippen LogP contribution in [0.4, 0.5) is 4.39 Å². The number of nitrogens with one attached hydrogen (secondary N) is 1. The Hall–Kier alpha value is -2.08. The van der Waals surface area contributed by atoms with Crippen molar-refractivity contribution in [2.75, 3.05) is 7.11 Å². The van der Waals surface area contributed by atoms with Crippen LogP contribution in [0, 0.1) is 5.82 Å².